The van der Waals surface area contributed by atoms with E-state index in [1.54, 1.807) is 0 Å². The smallest absolute Gasteiger partial charge is 0.182 e. The van der Waals surface area contributed by atoms with Gasteiger partial charge in [-0.1, -0.05) is 61.6 Å². The summed E-state index contributed by atoms with van der Waals surface area (Å²) in [6, 6.07) is 10.0. The van der Waals surface area contributed by atoms with Gasteiger partial charge in [-0.05, 0) is 17.4 Å². The molecule has 96 valence electrons. The molecule has 0 amide bonds. The Morgan fingerprint density at radius 2 is 1.95 bits per heavy atom. The molecule has 0 saturated heterocycles. The lowest BCUT2D eigenvalue weighted by atomic mass is 9.83. The first-order chi connectivity index (χ1) is 9.22. The fourth-order valence-corrected chi connectivity index (χ4v) is 2.37. The number of tetrazole rings is 1. The predicted octanol–water partition coefficient (Wildman–Crippen LogP) is 2.82. The maximum Gasteiger partial charge on any atom is 0.182 e. The highest BCUT2D eigenvalue weighted by Gasteiger charge is 2.34. The van der Waals surface area contributed by atoms with E-state index < -0.39 is 0 Å². The second kappa shape index (κ2) is 4.46. The maximum atomic E-state index is 4.21. The van der Waals surface area contributed by atoms with Crippen LogP contribution < -0.4 is 0 Å². The Kier molecular flexibility index (Phi) is 2.78. The lowest BCUT2D eigenvalue weighted by Crippen LogP contribution is -2.36. The second-order valence-electron chi connectivity index (χ2n) is 5.04. The molecule has 1 aliphatic carbocycles. The largest absolute Gasteiger partial charge is 0.215 e. The number of hydrogen-bond donors (Lipinski definition) is 0. The van der Waals surface area contributed by atoms with Crippen molar-refractivity contribution in [2.75, 3.05) is 0 Å². The molecule has 1 heterocycles. The first-order valence-corrected chi connectivity index (χ1v) is 6.42. The molecule has 1 aromatic heterocycles. The van der Waals surface area contributed by atoms with Crippen LogP contribution in [0.3, 0.4) is 0 Å². The predicted molar refractivity (Wildman–Crippen MR) is 74.3 cm³/mol. The zero-order chi connectivity index (χ0) is 13.3. The normalized spacial score (nSPS) is 25.7. The van der Waals surface area contributed by atoms with Crippen LogP contribution in [-0.2, 0) is 5.54 Å². The molecule has 4 heteroatoms. The van der Waals surface area contributed by atoms with Crippen molar-refractivity contribution in [2.24, 2.45) is 5.92 Å². The van der Waals surface area contributed by atoms with Crippen molar-refractivity contribution < 1.29 is 0 Å². The average Bonchev–Trinajstić information content (AvgIpc) is 2.93. The van der Waals surface area contributed by atoms with Crippen molar-refractivity contribution in [1.29, 1.82) is 0 Å². The minimum Gasteiger partial charge on any atom is -0.215 e. The molecule has 0 spiro atoms. The van der Waals surface area contributed by atoms with E-state index >= 15 is 0 Å². The molecule has 1 aromatic carbocycles. The van der Waals surface area contributed by atoms with Crippen molar-refractivity contribution in [1.82, 2.24) is 20.2 Å². The molecule has 0 aliphatic heterocycles. The Morgan fingerprint density at radius 1 is 1.16 bits per heavy atom. The third-order valence-electron chi connectivity index (χ3n) is 3.82. The minimum absolute atomic E-state index is 0.233. The zero-order valence-corrected chi connectivity index (χ0v) is 11.1. The minimum atomic E-state index is -0.233. The van der Waals surface area contributed by atoms with Crippen molar-refractivity contribution in [3.63, 3.8) is 0 Å². The van der Waals surface area contributed by atoms with Crippen LogP contribution >= 0.6 is 0 Å². The molecule has 0 fully saturated rings. The monoisotopic (exact) mass is 252 g/mol. The summed E-state index contributed by atoms with van der Waals surface area (Å²) in [5.74, 6) is 1.14. The fourth-order valence-electron chi connectivity index (χ4n) is 2.37. The van der Waals surface area contributed by atoms with Crippen LogP contribution in [-0.4, -0.2) is 20.2 Å². The SMILES string of the molecule is CC1C=CC=CC1(C)n1nnnc1-c1ccccc1. The molecular weight excluding hydrogens is 236 g/mol. The summed E-state index contributed by atoms with van der Waals surface area (Å²) in [7, 11) is 0. The van der Waals surface area contributed by atoms with Crippen molar-refractivity contribution in [3.8, 4) is 11.4 Å². The van der Waals surface area contributed by atoms with Gasteiger partial charge >= 0.3 is 0 Å². The second-order valence-corrected chi connectivity index (χ2v) is 5.04. The van der Waals surface area contributed by atoms with Gasteiger partial charge in [-0.15, -0.1) is 5.10 Å². The number of allylic oxidation sites excluding steroid dienone is 4. The van der Waals surface area contributed by atoms with Gasteiger partial charge in [-0.3, -0.25) is 0 Å². The molecule has 2 unspecified atom stereocenters. The van der Waals surface area contributed by atoms with E-state index in [1.165, 1.54) is 0 Å². The highest BCUT2D eigenvalue weighted by Crippen LogP contribution is 2.33. The molecule has 4 nitrogen and oxygen atoms in total. The summed E-state index contributed by atoms with van der Waals surface area (Å²) < 4.78 is 1.91. The zero-order valence-electron chi connectivity index (χ0n) is 11.1. The summed E-state index contributed by atoms with van der Waals surface area (Å²) in [5.41, 5.74) is 0.799. The first-order valence-electron chi connectivity index (χ1n) is 6.42. The number of hydrogen-bond acceptors (Lipinski definition) is 3. The Labute approximate surface area is 112 Å². The van der Waals surface area contributed by atoms with E-state index in [1.807, 2.05) is 35.0 Å². The van der Waals surface area contributed by atoms with Crippen LogP contribution in [0.25, 0.3) is 11.4 Å². The van der Waals surface area contributed by atoms with Crippen LogP contribution in [0.4, 0.5) is 0 Å². The molecule has 3 rings (SSSR count). The van der Waals surface area contributed by atoms with Gasteiger partial charge in [0.2, 0.25) is 0 Å². The lowest BCUT2D eigenvalue weighted by Gasteiger charge is -2.33. The lowest BCUT2D eigenvalue weighted by molar-refractivity contribution is 0.286. The van der Waals surface area contributed by atoms with Crippen LogP contribution in [0.5, 0.6) is 0 Å². The Balaban J connectivity index is 2.11. The number of aromatic nitrogens is 4. The van der Waals surface area contributed by atoms with Gasteiger partial charge in [0.05, 0.1) is 5.54 Å². The highest BCUT2D eigenvalue weighted by molar-refractivity contribution is 5.54. The highest BCUT2D eigenvalue weighted by atomic mass is 15.6. The van der Waals surface area contributed by atoms with E-state index in [2.05, 4.69) is 53.7 Å². The third kappa shape index (κ3) is 1.89. The standard InChI is InChI=1S/C15H16N4/c1-12-8-6-7-11-15(12,2)19-14(16-17-18-19)13-9-4-3-5-10-13/h3-12H,1-2H3. The summed E-state index contributed by atoms with van der Waals surface area (Å²) in [6.45, 7) is 4.33. The van der Waals surface area contributed by atoms with E-state index in [9.17, 15) is 0 Å². The van der Waals surface area contributed by atoms with E-state index in [0.717, 1.165) is 11.4 Å². The van der Waals surface area contributed by atoms with E-state index in [4.69, 9.17) is 0 Å². The van der Waals surface area contributed by atoms with Crippen LogP contribution in [0.2, 0.25) is 0 Å². The van der Waals surface area contributed by atoms with Gasteiger partial charge in [0, 0.05) is 11.5 Å². The van der Waals surface area contributed by atoms with E-state index in [-0.39, 0.29) is 5.54 Å². The molecule has 19 heavy (non-hydrogen) atoms. The van der Waals surface area contributed by atoms with E-state index in [0.29, 0.717) is 5.92 Å². The molecular formula is C15H16N4. The fraction of sp³-hybridized carbons (Fsp3) is 0.267. The first kappa shape index (κ1) is 11.8. The number of benzene rings is 1. The van der Waals surface area contributed by atoms with Crippen LogP contribution in [0.1, 0.15) is 13.8 Å². The number of nitrogens with zero attached hydrogens (tertiary/aromatic N) is 4. The summed E-state index contributed by atoms with van der Waals surface area (Å²) in [5, 5.41) is 12.3. The van der Waals surface area contributed by atoms with Gasteiger partial charge in [0.25, 0.3) is 0 Å². The molecule has 0 radical (unpaired) electrons. The molecule has 1 aliphatic rings. The Hall–Kier alpha value is -2.23. The summed E-state index contributed by atoms with van der Waals surface area (Å²) in [4.78, 5) is 0. The van der Waals surface area contributed by atoms with Gasteiger partial charge in [-0.2, -0.15) is 0 Å². The molecule has 0 saturated carbocycles. The Bertz CT molecular complexity index is 627. The number of rotatable bonds is 2. The van der Waals surface area contributed by atoms with Gasteiger partial charge in [-0.25, -0.2) is 4.68 Å². The maximum absolute atomic E-state index is 4.21. The van der Waals surface area contributed by atoms with Gasteiger partial charge in [0.1, 0.15) is 0 Å². The van der Waals surface area contributed by atoms with Crippen LogP contribution in [0, 0.1) is 5.92 Å². The third-order valence-corrected chi connectivity index (χ3v) is 3.82. The van der Waals surface area contributed by atoms with Gasteiger partial charge < -0.3 is 0 Å². The molecule has 2 aromatic rings. The van der Waals surface area contributed by atoms with Crippen molar-refractivity contribution >= 4 is 0 Å². The van der Waals surface area contributed by atoms with Crippen LogP contribution in [0.15, 0.2) is 54.6 Å². The van der Waals surface area contributed by atoms with Crippen molar-refractivity contribution in [3.05, 3.63) is 54.6 Å². The average molecular weight is 252 g/mol. The Morgan fingerprint density at radius 3 is 2.68 bits per heavy atom. The molecule has 2 atom stereocenters. The van der Waals surface area contributed by atoms with Gasteiger partial charge in [0.15, 0.2) is 5.82 Å². The summed E-state index contributed by atoms with van der Waals surface area (Å²) >= 11 is 0. The van der Waals surface area contributed by atoms with Crippen molar-refractivity contribution in [2.45, 2.75) is 19.4 Å². The quantitative estimate of drug-likeness (QED) is 0.825. The summed E-state index contributed by atoms with van der Waals surface area (Å²) in [6.07, 6.45) is 8.45. The molecule has 0 bridgehead atoms. The topological polar surface area (TPSA) is 43.6 Å². The molecule has 0 N–H and O–H groups in total.